The molecule has 0 nitrogen and oxygen atoms in total. The van der Waals surface area contributed by atoms with Gasteiger partial charge in [-0.25, -0.2) is 0 Å². The Bertz CT molecular complexity index is 175. The molecule has 0 aliphatic heterocycles. The summed E-state index contributed by atoms with van der Waals surface area (Å²) in [7, 11) is 0. The second kappa shape index (κ2) is 5.45. The van der Waals surface area contributed by atoms with Gasteiger partial charge in [0, 0.05) is 0 Å². The fourth-order valence-corrected chi connectivity index (χ4v) is 11.4. The van der Waals surface area contributed by atoms with E-state index in [0.29, 0.717) is 12.8 Å². The number of rotatable bonds is 6. The highest BCUT2D eigenvalue weighted by Gasteiger charge is 2.51. The lowest BCUT2D eigenvalue weighted by Crippen LogP contribution is -2.45. The molecule has 0 aromatic heterocycles. The molecule has 0 spiro atoms. The van der Waals surface area contributed by atoms with Crippen molar-refractivity contribution in [3.05, 3.63) is 0 Å². The summed E-state index contributed by atoms with van der Waals surface area (Å²) in [5.41, 5.74) is 0. The van der Waals surface area contributed by atoms with Crippen molar-refractivity contribution in [2.45, 2.75) is 94.4 Å². The van der Waals surface area contributed by atoms with Crippen LogP contribution in [0.5, 0.6) is 0 Å². The summed E-state index contributed by atoms with van der Waals surface area (Å²) < 4.78 is 1.71. The Kier molecular flexibility index (Phi) is 5.63. The lowest BCUT2D eigenvalue weighted by atomic mass is 10.1. The van der Waals surface area contributed by atoms with Crippen LogP contribution in [0.2, 0.25) is 12.8 Å². The summed E-state index contributed by atoms with van der Waals surface area (Å²) in [6.07, 6.45) is 3.99. The van der Waals surface area contributed by atoms with Crippen molar-refractivity contribution in [1.82, 2.24) is 0 Å². The number of hydrogen-bond donors (Lipinski definition) is 0. The largest absolute Gasteiger partial charge is 0.281 e. The van der Waals surface area contributed by atoms with Crippen LogP contribution in [0.1, 0.15) is 81.6 Å². The first kappa shape index (κ1) is 16.5. The molecule has 0 bridgehead atoms. The molecule has 96 valence electrons. The Hall–Kier alpha value is 0.532. The van der Waals surface area contributed by atoms with E-state index in [4.69, 9.17) is 0 Å². The molecule has 0 unspecified atom stereocenters. The van der Waals surface area contributed by atoms with Gasteiger partial charge in [0.1, 0.15) is 0 Å². The topological polar surface area (TPSA) is 0 Å². The molecule has 0 aliphatic carbocycles. The third-order valence-corrected chi connectivity index (χ3v) is 11.0. The quantitative estimate of drug-likeness (QED) is 0.496. The highest BCUT2D eigenvalue weighted by Crippen LogP contribution is 2.57. The third kappa shape index (κ3) is 3.51. The zero-order chi connectivity index (χ0) is 13.2. The van der Waals surface area contributed by atoms with Gasteiger partial charge in [0.2, 0.25) is 0 Å². The first-order valence-electron chi connectivity index (χ1n) is 7.05. The second-order valence-corrected chi connectivity index (χ2v) is 13.0. The zero-order valence-corrected chi connectivity index (χ0v) is 14.4. The molecule has 0 N–H and O–H groups in total. The number of hydrogen-bond acceptors (Lipinski definition) is 0. The van der Waals surface area contributed by atoms with E-state index in [-0.39, 0.29) is 0 Å². The van der Waals surface area contributed by atoms with Crippen LogP contribution in [0.25, 0.3) is 0 Å². The van der Waals surface area contributed by atoms with Crippen molar-refractivity contribution in [1.29, 1.82) is 0 Å². The summed E-state index contributed by atoms with van der Waals surface area (Å²) in [6.45, 7) is 22.2. The maximum atomic E-state index is 2.51. The normalized spacial score (nSPS) is 14.1. The Morgan fingerprint density at radius 3 is 0.875 bits per heavy atom. The molecule has 1 heteroatoms. The van der Waals surface area contributed by atoms with Crippen LogP contribution in [0.4, 0.5) is 0 Å². The molecule has 0 rings (SSSR count). The van der Waals surface area contributed by atoms with Gasteiger partial charge in [-0.3, -0.25) is 0 Å². The van der Waals surface area contributed by atoms with Gasteiger partial charge in [-0.1, -0.05) is 94.4 Å². The molecule has 0 aromatic rings. The van der Waals surface area contributed by atoms with Gasteiger partial charge < -0.3 is 0 Å². The lowest BCUT2D eigenvalue weighted by molar-refractivity contribution is 0.482. The maximum absolute atomic E-state index is 2.51. The van der Waals surface area contributed by atoms with Crippen LogP contribution < -0.4 is 0 Å². The molecular formula is C15H33Al. The van der Waals surface area contributed by atoms with Gasteiger partial charge in [0.15, 0.2) is 0 Å². The van der Waals surface area contributed by atoms with Gasteiger partial charge in [0.05, 0.1) is 0 Å². The predicted molar refractivity (Wildman–Crippen MR) is 78.8 cm³/mol. The average molecular weight is 240 g/mol. The minimum atomic E-state index is -0.861. The fourth-order valence-electron chi connectivity index (χ4n) is 3.79. The van der Waals surface area contributed by atoms with Crippen molar-refractivity contribution in [2.24, 2.45) is 0 Å². The molecular weight excluding hydrogens is 207 g/mol. The van der Waals surface area contributed by atoms with E-state index in [1.807, 2.05) is 0 Å². The van der Waals surface area contributed by atoms with Gasteiger partial charge >= 0.3 is 0 Å². The minimum Gasteiger partial charge on any atom is -0.0755 e. The minimum absolute atomic E-state index is 0.568. The first-order chi connectivity index (χ1) is 7.05. The van der Waals surface area contributed by atoms with E-state index in [9.17, 15) is 0 Å². The molecule has 0 heterocycles. The van der Waals surface area contributed by atoms with Crippen LogP contribution in [0.3, 0.4) is 0 Å². The molecule has 0 saturated carbocycles. The highest BCUT2D eigenvalue weighted by molar-refractivity contribution is 6.68. The molecule has 0 radical (unpaired) electrons. The van der Waals surface area contributed by atoms with Crippen LogP contribution >= 0.6 is 0 Å². The van der Waals surface area contributed by atoms with Gasteiger partial charge in [-0.05, 0) is 0 Å². The second-order valence-electron chi connectivity index (χ2n) is 7.46. The van der Waals surface area contributed by atoms with E-state index >= 15 is 0 Å². The van der Waals surface area contributed by atoms with E-state index in [0.717, 1.165) is 0 Å². The average Bonchev–Trinajstić information content (AvgIpc) is 2.16. The molecule has 0 atom stereocenters. The summed E-state index contributed by atoms with van der Waals surface area (Å²) in [5, 5.41) is 0. The Morgan fingerprint density at radius 2 is 0.750 bits per heavy atom. The van der Waals surface area contributed by atoms with Crippen LogP contribution in [-0.4, -0.2) is 14.1 Å². The van der Waals surface area contributed by atoms with Crippen LogP contribution in [-0.2, 0) is 0 Å². The standard InChI is InChI=1S/3C5H11.Al/c3*1-4-5(2)3;/h3*4H2,1-3H3;. The monoisotopic (exact) mass is 240 g/mol. The van der Waals surface area contributed by atoms with Crippen molar-refractivity contribution >= 4 is 14.1 Å². The molecule has 0 saturated heterocycles. The van der Waals surface area contributed by atoms with Gasteiger partial charge in [-0.15, -0.1) is 0 Å². The van der Waals surface area contributed by atoms with E-state index in [1.165, 1.54) is 19.3 Å². The van der Waals surface area contributed by atoms with Crippen molar-refractivity contribution in [3.8, 4) is 0 Å². The van der Waals surface area contributed by atoms with Gasteiger partial charge in [-0.2, -0.15) is 0 Å². The highest BCUT2D eigenvalue weighted by atomic mass is 27.2. The van der Waals surface area contributed by atoms with E-state index < -0.39 is 14.1 Å². The van der Waals surface area contributed by atoms with Crippen LogP contribution in [0, 0.1) is 0 Å². The van der Waals surface area contributed by atoms with Gasteiger partial charge in [0.25, 0.3) is 14.1 Å². The summed E-state index contributed by atoms with van der Waals surface area (Å²) in [4.78, 5) is 0. The van der Waals surface area contributed by atoms with E-state index in [1.54, 1.807) is 0 Å². The lowest BCUT2D eigenvalue weighted by Gasteiger charge is -2.48. The predicted octanol–water partition coefficient (Wildman–Crippen LogP) is 6.05. The Labute approximate surface area is 109 Å². The molecule has 0 aromatic carbocycles. The molecule has 0 amide bonds. The zero-order valence-electron chi connectivity index (χ0n) is 13.2. The van der Waals surface area contributed by atoms with Crippen molar-refractivity contribution < 1.29 is 0 Å². The Balaban J connectivity index is 5.40. The maximum Gasteiger partial charge on any atom is 0.281 e. The van der Waals surface area contributed by atoms with Crippen LogP contribution in [0.15, 0.2) is 0 Å². The Morgan fingerprint density at radius 1 is 0.562 bits per heavy atom. The smallest absolute Gasteiger partial charge is 0.0755 e. The van der Waals surface area contributed by atoms with E-state index in [2.05, 4.69) is 62.3 Å². The fraction of sp³-hybridized carbons (Fsp3) is 1.00. The summed E-state index contributed by atoms with van der Waals surface area (Å²) >= 11 is -0.861. The SMILES string of the molecule is CC[C](C)(C)[Al]([C](C)(C)CC)[C](C)(C)CC. The molecule has 0 aliphatic rings. The summed E-state index contributed by atoms with van der Waals surface area (Å²) in [6, 6.07) is 0. The van der Waals surface area contributed by atoms with Crippen molar-refractivity contribution in [3.63, 3.8) is 0 Å². The summed E-state index contributed by atoms with van der Waals surface area (Å²) in [5.74, 6) is 0. The third-order valence-electron chi connectivity index (χ3n) is 5.08. The molecule has 16 heavy (non-hydrogen) atoms. The first-order valence-corrected chi connectivity index (χ1v) is 8.78. The molecule has 0 fully saturated rings. The van der Waals surface area contributed by atoms with Crippen molar-refractivity contribution in [2.75, 3.05) is 0 Å².